The molecule has 0 saturated heterocycles. The normalized spacial score (nSPS) is 10.3. The molecule has 0 spiro atoms. The predicted molar refractivity (Wildman–Crippen MR) is 68.5 cm³/mol. The van der Waals surface area contributed by atoms with Crippen molar-refractivity contribution in [1.82, 2.24) is 14.8 Å². The zero-order valence-corrected chi connectivity index (χ0v) is 10.7. The van der Waals surface area contributed by atoms with Crippen molar-refractivity contribution < 1.29 is 9.66 Å². The zero-order valence-electron chi connectivity index (χ0n) is 10.7. The maximum absolute atomic E-state index is 10.8. The van der Waals surface area contributed by atoms with E-state index in [-0.39, 0.29) is 11.6 Å². The number of aromatic nitrogens is 3. The molecule has 2 aromatic rings. The SMILES string of the molecule is CNc1cc([N+](=O)[O-])cc(Oc2cc(C)nn2C)n1. The third kappa shape index (κ3) is 2.79. The molecule has 8 nitrogen and oxygen atoms in total. The number of rotatable bonds is 4. The van der Waals surface area contributed by atoms with Gasteiger partial charge in [0.25, 0.3) is 5.69 Å². The van der Waals surface area contributed by atoms with E-state index in [2.05, 4.69) is 15.4 Å². The van der Waals surface area contributed by atoms with E-state index in [4.69, 9.17) is 4.74 Å². The molecule has 100 valence electrons. The van der Waals surface area contributed by atoms with Gasteiger partial charge in [0.05, 0.1) is 22.7 Å². The molecule has 0 aliphatic rings. The first kappa shape index (κ1) is 12.8. The number of hydrogen-bond acceptors (Lipinski definition) is 6. The van der Waals surface area contributed by atoms with E-state index in [0.717, 1.165) is 5.69 Å². The van der Waals surface area contributed by atoms with E-state index in [1.165, 1.54) is 16.8 Å². The number of nitro groups is 1. The Morgan fingerprint density at radius 1 is 1.42 bits per heavy atom. The largest absolute Gasteiger partial charge is 0.421 e. The number of hydrogen-bond donors (Lipinski definition) is 1. The van der Waals surface area contributed by atoms with E-state index in [0.29, 0.717) is 11.7 Å². The third-order valence-electron chi connectivity index (χ3n) is 2.42. The number of nitrogens with one attached hydrogen (secondary N) is 1. The molecule has 8 heteroatoms. The van der Waals surface area contributed by atoms with Crippen LogP contribution >= 0.6 is 0 Å². The molecule has 0 fully saturated rings. The summed E-state index contributed by atoms with van der Waals surface area (Å²) in [5.41, 5.74) is 0.699. The van der Waals surface area contributed by atoms with Gasteiger partial charge in [-0.05, 0) is 6.92 Å². The van der Waals surface area contributed by atoms with Crippen LogP contribution in [-0.2, 0) is 7.05 Å². The lowest BCUT2D eigenvalue weighted by Crippen LogP contribution is -2.00. The molecule has 1 N–H and O–H groups in total. The van der Waals surface area contributed by atoms with Crippen molar-refractivity contribution in [2.24, 2.45) is 7.05 Å². The van der Waals surface area contributed by atoms with Gasteiger partial charge in [0, 0.05) is 20.2 Å². The molecular formula is C11H13N5O3. The summed E-state index contributed by atoms with van der Waals surface area (Å²) in [7, 11) is 3.35. The molecule has 0 bridgehead atoms. The number of ether oxygens (including phenoxy) is 1. The second kappa shape index (κ2) is 4.92. The Balaban J connectivity index is 2.36. The van der Waals surface area contributed by atoms with Gasteiger partial charge in [-0.15, -0.1) is 0 Å². The molecule has 2 aromatic heterocycles. The summed E-state index contributed by atoms with van der Waals surface area (Å²) in [4.78, 5) is 14.4. The van der Waals surface area contributed by atoms with Crippen LogP contribution in [0.15, 0.2) is 18.2 Å². The third-order valence-corrected chi connectivity index (χ3v) is 2.42. The van der Waals surface area contributed by atoms with Crippen molar-refractivity contribution in [3.63, 3.8) is 0 Å². The molecule has 0 atom stereocenters. The van der Waals surface area contributed by atoms with Gasteiger partial charge in [0.15, 0.2) is 0 Å². The summed E-state index contributed by atoms with van der Waals surface area (Å²) in [6.45, 7) is 1.83. The van der Waals surface area contributed by atoms with Gasteiger partial charge < -0.3 is 10.1 Å². The summed E-state index contributed by atoms with van der Waals surface area (Å²) < 4.78 is 7.04. The van der Waals surface area contributed by atoms with Crippen LogP contribution in [0, 0.1) is 17.0 Å². The predicted octanol–water partition coefficient (Wildman–Crippen LogP) is 1.87. The van der Waals surface area contributed by atoms with Crippen molar-refractivity contribution >= 4 is 11.5 Å². The van der Waals surface area contributed by atoms with Crippen LogP contribution in [-0.4, -0.2) is 26.7 Å². The Morgan fingerprint density at radius 3 is 2.68 bits per heavy atom. The number of anilines is 1. The molecule has 0 aromatic carbocycles. The minimum absolute atomic E-state index is 0.0896. The highest BCUT2D eigenvalue weighted by Gasteiger charge is 2.13. The maximum atomic E-state index is 10.8. The Morgan fingerprint density at radius 2 is 2.16 bits per heavy atom. The lowest BCUT2D eigenvalue weighted by molar-refractivity contribution is -0.384. The summed E-state index contributed by atoms with van der Waals surface area (Å²) in [6, 6.07) is 4.32. The number of pyridine rings is 1. The van der Waals surface area contributed by atoms with Crippen LogP contribution in [0.1, 0.15) is 5.69 Å². The van der Waals surface area contributed by atoms with Crippen molar-refractivity contribution in [3.05, 3.63) is 34.0 Å². The molecule has 0 aliphatic carbocycles. The van der Waals surface area contributed by atoms with E-state index < -0.39 is 4.92 Å². The molecule has 2 heterocycles. The van der Waals surface area contributed by atoms with Crippen molar-refractivity contribution in [1.29, 1.82) is 0 Å². The number of nitrogens with zero attached hydrogens (tertiary/aromatic N) is 4. The Labute approximate surface area is 109 Å². The molecule has 0 saturated carbocycles. The highest BCUT2D eigenvalue weighted by molar-refractivity contribution is 5.48. The van der Waals surface area contributed by atoms with Crippen LogP contribution in [0.3, 0.4) is 0 Å². The summed E-state index contributed by atoms with van der Waals surface area (Å²) >= 11 is 0. The van der Waals surface area contributed by atoms with Crippen LogP contribution in [0.5, 0.6) is 11.8 Å². The fourth-order valence-electron chi connectivity index (χ4n) is 1.57. The lowest BCUT2D eigenvalue weighted by atomic mass is 10.4. The first-order chi connectivity index (χ1) is 8.99. The fourth-order valence-corrected chi connectivity index (χ4v) is 1.57. The first-order valence-corrected chi connectivity index (χ1v) is 5.52. The molecule has 0 unspecified atom stereocenters. The standard InChI is InChI=1S/C11H13N5O3/c1-7-4-11(15(3)14-7)19-10-6-8(16(17)18)5-9(12-2)13-10/h4-6H,1-3H3,(H,12,13). The molecule has 0 radical (unpaired) electrons. The van der Waals surface area contributed by atoms with E-state index >= 15 is 0 Å². The smallest absolute Gasteiger partial charge is 0.278 e. The minimum atomic E-state index is -0.496. The van der Waals surface area contributed by atoms with Crippen LogP contribution in [0.4, 0.5) is 11.5 Å². The summed E-state index contributed by atoms with van der Waals surface area (Å²) in [5, 5.41) is 17.7. The van der Waals surface area contributed by atoms with E-state index in [9.17, 15) is 10.1 Å². The second-order valence-electron chi connectivity index (χ2n) is 3.91. The highest BCUT2D eigenvalue weighted by atomic mass is 16.6. The maximum Gasteiger partial charge on any atom is 0.278 e. The summed E-state index contributed by atoms with van der Waals surface area (Å²) in [5.74, 6) is 0.970. The van der Waals surface area contributed by atoms with Gasteiger partial charge >= 0.3 is 0 Å². The lowest BCUT2D eigenvalue weighted by Gasteiger charge is -2.06. The fraction of sp³-hybridized carbons (Fsp3) is 0.273. The Hall–Kier alpha value is -2.64. The van der Waals surface area contributed by atoms with E-state index in [1.54, 1.807) is 20.2 Å². The van der Waals surface area contributed by atoms with Gasteiger partial charge in [-0.2, -0.15) is 10.1 Å². The van der Waals surface area contributed by atoms with Crippen LogP contribution < -0.4 is 10.1 Å². The average Bonchev–Trinajstić information content (AvgIpc) is 2.67. The van der Waals surface area contributed by atoms with Crippen molar-refractivity contribution in [2.75, 3.05) is 12.4 Å². The van der Waals surface area contributed by atoms with Gasteiger partial charge in [-0.25, -0.2) is 4.68 Å². The van der Waals surface area contributed by atoms with Crippen LogP contribution in [0.25, 0.3) is 0 Å². The first-order valence-electron chi connectivity index (χ1n) is 5.52. The van der Waals surface area contributed by atoms with Crippen LogP contribution in [0.2, 0.25) is 0 Å². The monoisotopic (exact) mass is 263 g/mol. The molecular weight excluding hydrogens is 250 g/mol. The topological polar surface area (TPSA) is 95.1 Å². The summed E-state index contributed by atoms with van der Waals surface area (Å²) in [6.07, 6.45) is 0. The van der Waals surface area contributed by atoms with Crippen molar-refractivity contribution in [3.8, 4) is 11.8 Å². The quantitative estimate of drug-likeness (QED) is 0.668. The van der Waals surface area contributed by atoms with E-state index in [1.807, 2.05) is 6.92 Å². The second-order valence-corrected chi connectivity index (χ2v) is 3.91. The molecule has 0 aliphatic heterocycles. The van der Waals surface area contributed by atoms with Gasteiger partial charge in [0.2, 0.25) is 11.8 Å². The molecule has 19 heavy (non-hydrogen) atoms. The minimum Gasteiger partial charge on any atom is -0.421 e. The molecule has 0 amide bonds. The Bertz CT molecular complexity index is 623. The van der Waals surface area contributed by atoms with Gasteiger partial charge in [-0.3, -0.25) is 10.1 Å². The average molecular weight is 263 g/mol. The van der Waals surface area contributed by atoms with Gasteiger partial charge in [-0.1, -0.05) is 0 Å². The Kier molecular flexibility index (Phi) is 3.32. The zero-order chi connectivity index (χ0) is 14.0. The molecule has 2 rings (SSSR count). The highest BCUT2D eigenvalue weighted by Crippen LogP contribution is 2.26. The van der Waals surface area contributed by atoms with Crippen molar-refractivity contribution in [2.45, 2.75) is 6.92 Å². The van der Waals surface area contributed by atoms with Gasteiger partial charge in [0.1, 0.15) is 5.82 Å². The number of aryl methyl sites for hydroxylation is 2.